The van der Waals surface area contributed by atoms with E-state index in [2.05, 4.69) is 28.3 Å². The summed E-state index contributed by atoms with van der Waals surface area (Å²) in [5.41, 5.74) is 3.13. The van der Waals surface area contributed by atoms with Crippen LogP contribution < -0.4 is 4.74 Å². The van der Waals surface area contributed by atoms with Gasteiger partial charge in [0.15, 0.2) is 5.69 Å². The number of amides is 1. The van der Waals surface area contributed by atoms with E-state index in [9.17, 15) is 4.79 Å². The molecule has 6 heteroatoms. The molecule has 0 N–H and O–H groups in total. The Balaban J connectivity index is 1.26. The first-order chi connectivity index (χ1) is 14.7. The van der Waals surface area contributed by atoms with Crippen molar-refractivity contribution in [1.82, 2.24) is 15.0 Å². The number of carbonyl (C=O) groups excluding carboxylic acids is 1. The number of methoxy groups -OCH3 is 1. The van der Waals surface area contributed by atoms with Crippen molar-refractivity contribution in [3.05, 3.63) is 46.8 Å². The molecule has 2 saturated heterocycles. The molecule has 0 saturated carbocycles. The van der Waals surface area contributed by atoms with E-state index < -0.39 is 0 Å². The highest BCUT2D eigenvalue weighted by Gasteiger charge is 2.43. The number of aromatic nitrogens is 1. The molecule has 3 heterocycles. The molecule has 2 fully saturated rings. The third-order valence-electron chi connectivity index (χ3n) is 7.16. The number of hydrogen-bond donors (Lipinski definition) is 0. The zero-order valence-electron chi connectivity index (χ0n) is 17.9. The van der Waals surface area contributed by atoms with Crippen LogP contribution >= 0.6 is 0 Å². The monoisotopic (exact) mass is 409 g/mol. The van der Waals surface area contributed by atoms with Crippen LogP contribution in [0.25, 0.3) is 0 Å². The van der Waals surface area contributed by atoms with Crippen molar-refractivity contribution in [2.75, 3.05) is 33.3 Å². The fourth-order valence-electron chi connectivity index (χ4n) is 5.62. The molecule has 2 aliphatic heterocycles. The number of aryl methyl sites for hydroxylation is 1. The van der Waals surface area contributed by atoms with Crippen molar-refractivity contribution in [1.29, 1.82) is 0 Å². The molecule has 0 radical (unpaired) electrons. The predicted octanol–water partition coefficient (Wildman–Crippen LogP) is 3.69. The van der Waals surface area contributed by atoms with Crippen LogP contribution in [0.2, 0.25) is 0 Å². The maximum atomic E-state index is 13.2. The van der Waals surface area contributed by atoms with Crippen LogP contribution in [0.15, 0.2) is 28.8 Å². The Morgan fingerprint density at radius 2 is 2.07 bits per heavy atom. The normalized spacial score (nSPS) is 24.2. The second-order valence-corrected chi connectivity index (χ2v) is 9.28. The number of likely N-dealkylation sites (tertiary alicyclic amines) is 2. The highest BCUT2D eigenvalue weighted by atomic mass is 16.5. The number of nitrogens with zero attached hydrogens (tertiary/aromatic N) is 3. The minimum absolute atomic E-state index is 0.0729. The predicted molar refractivity (Wildman–Crippen MR) is 114 cm³/mol. The number of benzene rings is 1. The molecule has 1 aromatic heterocycles. The average molecular weight is 410 g/mol. The van der Waals surface area contributed by atoms with E-state index in [4.69, 9.17) is 9.26 Å². The Bertz CT molecular complexity index is 924. The summed E-state index contributed by atoms with van der Waals surface area (Å²) in [5, 5.41) is 4.17. The lowest BCUT2D eigenvalue weighted by Gasteiger charge is -2.40. The van der Waals surface area contributed by atoms with E-state index in [1.54, 1.807) is 7.11 Å². The van der Waals surface area contributed by atoms with Crippen LogP contribution in [-0.4, -0.2) is 54.2 Å². The molecule has 1 spiro atoms. The van der Waals surface area contributed by atoms with Crippen molar-refractivity contribution in [2.24, 2.45) is 5.41 Å². The van der Waals surface area contributed by atoms with Gasteiger partial charge in [-0.15, -0.1) is 0 Å². The Labute approximate surface area is 178 Å². The van der Waals surface area contributed by atoms with Crippen molar-refractivity contribution < 1.29 is 14.1 Å². The van der Waals surface area contributed by atoms with E-state index in [1.165, 1.54) is 18.4 Å². The summed E-state index contributed by atoms with van der Waals surface area (Å²) in [6.07, 6.45) is 7.55. The number of hydrogen-bond acceptors (Lipinski definition) is 5. The van der Waals surface area contributed by atoms with Gasteiger partial charge in [0.1, 0.15) is 11.5 Å². The van der Waals surface area contributed by atoms with Gasteiger partial charge in [-0.2, -0.15) is 0 Å². The van der Waals surface area contributed by atoms with Gasteiger partial charge in [-0.25, -0.2) is 0 Å². The molecular weight excluding hydrogens is 378 g/mol. The van der Waals surface area contributed by atoms with E-state index in [0.717, 1.165) is 81.9 Å². The Morgan fingerprint density at radius 1 is 1.17 bits per heavy atom. The van der Waals surface area contributed by atoms with Crippen LogP contribution in [0, 0.1) is 5.41 Å². The molecule has 1 amide bonds. The Kier molecular flexibility index (Phi) is 5.27. The first-order valence-electron chi connectivity index (χ1n) is 11.3. The first kappa shape index (κ1) is 19.6. The topological polar surface area (TPSA) is 58.8 Å². The van der Waals surface area contributed by atoms with Gasteiger partial charge in [0, 0.05) is 43.6 Å². The summed E-state index contributed by atoms with van der Waals surface area (Å²) >= 11 is 0. The smallest absolute Gasteiger partial charge is 0.276 e. The van der Waals surface area contributed by atoms with Crippen LogP contribution in [-0.2, 0) is 19.4 Å². The lowest BCUT2D eigenvalue weighted by Crippen LogP contribution is -2.45. The van der Waals surface area contributed by atoms with Crippen LogP contribution in [0.3, 0.4) is 0 Å². The summed E-state index contributed by atoms with van der Waals surface area (Å²) in [5.74, 6) is 1.91. The van der Waals surface area contributed by atoms with Crippen molar-refractivity contribution in [3.8, 4) is 5.75 Å². The molecular formula is C24H31N3O3. The lowest BCUT2D eigenvalue weighted by atomic mass is 9.79. The molecule has 1 aliphatic carbocycles. The lowest BCUT2D eigenvalue weighted by molar-refractivity contribution is 0.0666. The van der Waals surface area contributed by atoms with Crippen LogP contribution in [0.5, 0.6) is 5.75 Å². The SMILES string of the molecule is COc1cccc(CN2CCCC3(CCN(C(=O)c4noc5c4CCCC5)C3)C2)c1. The summed E-state index contributed by atoms with van der Waals surface area (Å²) in [6.45, 7) is 4.76. The van der Waals surface area contributed by atoms with Crippen molar-refractivity contribution >= 4 is 5.91 Å². The van der Waals surface area contributed by atoms with Gasteiger partial charge in [0.05, 0.1) is 7.11 Å². The van der Waals surface area contributed by atoms with Crippen LogP contribution in [0.1, 0.15) is 59.5 Å². The number of carbonyl (C=O) groups is 1. The fourth-order valence-corrected chi connectivity index (χ4v) is 5.62. The molecule has 2 aromatic rings. The van der Waals surface area contributed by atoms with E-state index in [0.29, 0.717) is 5.69 Å². The standard InChI is InChI=1S/C24H31N3O3/c1-29-19-7-4-6-18(14-19)15-26-12-5-10-24(16-26)11-13-27(17-24)23(28)22-20-8-2-3-9-21(20)30-25-22/h4,6-7,14H,2-3,5,8-13,15-17H2,1H3. The van der Waals surface area contributed by atoms with E-state index in [1.807, 2.05) is 11.0 Å². The van der Waals surface area contributed by atoms with Crippen LogP contribution in [0.4, 0.5) is 0 Å². The van der Waals surface area contributed by atoms with Crippen molar-refractivity contribution in [3.63, 3.8) is 0 Å². The quantitative estimate of drug-likeness (QED) is 0.771. The number of fused-ring (bicyclic) bond motifs is 1. The second kappa shape index (κ2) is 8.06. The van der Waals surface area contributed by atoms with Gasteiger partial charge >= 0.3 is 0 Å². The first-order valence-corrected chi connectivity index (χ1v) is 11.3. The summed E-state index contributed by atoms with van der Waals surface area (Å²) < 4.78 is 10.9. The minimum Gasteiger partial charge on any atom is -0.497 e. The number of piperidine rings is 1. The number of ether oxygens (including phenoxy) is 1. The maximum Gasteiger partial charge on any atom is 0.276 e. The molecule has 6 nitrogen and oxygen atoms in total. The highest BCUT2D eigenvalue weighted by molar-refractivity contribution is 5.94. The number of rotatable bonds is 4. The minimum atomic E-state index is 0.0729. The second-order valence-electron chi connectivity index (χ2n) is 9.28. The molecule has 30 heavy (non-hydrogen) atoms. The third kappa shape index (κ3) is 3.73. The van der Waals surface area contributed by atoms with Gasteiger partial charge in [0.25, 0.3) is 5.91 Å². The fraction of sp³-hybridized carbons (Fsp3) is 0.583. The molecule has 5 rings (SSSR count). The molecule has 1 atom stereocenters. The zero-order valence-corrected chi connectivity index (χ0v) is 17.9. The zero-order chi connectivity index (χ0) is 20.6. The highest BCUT2D eigenvalue weighted by Crippen LogP contribution is 2.40. The van der Waals surface area contributed by atoms with Gasteiger partial charge in [-0.1, -0.05) is 17.3 Å². The van der Waals surface area contributed by atoms with E-state index >= 15 is 0 Å². The molecule has 160 valence electrons. The maximum absolute atomic E-state index is 13.2. The van der Waals surface area contributed by atoms with Gasteiger partial charge in [0.2, 0.25) is 0 Å². The molecule has 0 bridgehead atoms. The third-order valence-corrected chi connectivity index (χ3v) is 7.16. The Hall–Kier alpha value is -2.34. The summed E-state index contributed by atoms with van der Waals surface area (Å²) in [7, 11) is 1.71. The molecule has 1 unspecified atom stereocenters. The van der Waals surface area contributed by atoms with Gasteiger partial charge < -0.3 is 14.2 Å². The van der Waals surface area contributed by atoms with Gasteiger partial charge in [-0.3, -0.25) is 9.69 Å². The average Bonchev–Trinajstić information content (AvgIpc) is 3.38. The summed E-state index contributed by atoms with van der Waals surface area (Å²) in [4.78, 5) is 17.8. The van der Waals surface area contributed by atoms with Crippen molar-refractivity contribution in [2.45, 2.75) is 51.5 Å². The molecule has 3 aliphatic rings. The Morgan fingerprint density at radius 3 is 2.97 bits per heavy atom. The largest absolute Gasteiger partial charge is 0.497 e. The van der Waals surface area contributed by atoms with Gasteiger partial charge in [-0.05, 0) is 62.8 Å². The summed E-state index contributed by atoms with van der Waals surface area (Å²) in [6, 6.07) is 8.34. The molecule has 1 aromatic carbocycles. The van der Waals surface area contributed by atoms with E-state index in [-0.39, 0.29) is 11.3 Å².